The number of aryl methyl sites for hydroxylation is 1. The summed E-state index contributed by atoms with van der Waals surface area (Å²) >= 11 is 12.7. The van der Waals surface area contributed by atoms with Gasteiger partial charge >= 0.3 is 18.0 Å². The lowest BCUT2D eigenvalue weighted by Crippen LogP contribution is -2.53. The highest BCUT2D eigenvalue weighted by molar-refractivity contribution is 7.80. The lowest BCUT2D eigenvalue weighted by molar-refractivity contribution is -0.187. The number of anilines is 2. The Morgan fingerprint density at radius 3 is 2.35 bits per heavy atom. The number of likely N-dealkylation sites (N-methyl/N-ethyl adjacent to an activating group) is 1. The van der Waals surface area contributed by atoms with Crippen LogP contribution in [0.25, 0.3) is 0 Å². The minimum atomic E-state index is -1.65. The molecular formula is C67H90ClN7O15S. The number of Topliss-reactive ketones (excluding diaryl/α,β-unsaturated/α-hetero) is 1. The van der Waals surface area contributed by atoms with Crippen LogP contribution in [0.3, 0.4) is 0 Å². The van der Waals surface area contributed by atoms with Gasteiger partial charge in [0.15, 0.2) is 5.78 Å². The van der Waals surface area contributed by atoms with E-state index in [1.807, 2.05) is 50.8 Å². The number of urea groups is 1. The molecule has 2 aromatic rings. The van der Waals surface area contributed by atoms with Crippen molar-refractivity contribution in [3.63, 3.8) is 0 Å². The molecule has 4 bridgehead atoms. The maximum absolute atomic E-state index is 14.7. The van der Waals surface area contributed by atoms with Gasteiger partial charge in [-0.3, -0.25) is 38.5 Å². The molecule has 0 unspecified atom stereocenters. The molecule has 5 aliphatic heterocycles. The molecule has 22 nitrogen and oxygen atoms in total. The molecule has 0 spiro atoms. The number of aliphatic hydroxyl groups is 1. The van der Waals surface area contributed by atoms with Crippen molar-refractivity contribution in [2.45, 2.75) is 173 Å². The van der Waals surface area contributed by atoms with E-state index in [2.05, 4.69) is 10.6 Å². The number of carbonyl (C=O) groups excluding carboxylic acids is 9. The lowest BCUT2D eigenvalue weighted by atomic mass is 9.78. The van der Waals surface area contributed by atoms with Crippen LogP contribution in [-0.4, -0.2) is 181 Å². The highest BCUT2D eigenvalue weighted by Crippen LogP contribution is 2.50. The Labute approximate surface area is 543 Å². The summed E-state index contributed by atoms with van der Waals surface area (Å²) in [7, 11) is 4.51. The number of nitrogens with zero attached hydrogens (tertiary/aromatic N) is 4. The van der Waals surface area contributed by atoms with Crippen molar-refractivity contribution < 1.29 is 71.9 Å². The van der Waals surface area contributed by atoms with Gasteiger partial charge in [0.1, 0.15) is 35.6 Å². The molecule has 496 valence electrons. The summed E-state index contributed by atoms with van der Waals surface area (Å²) in [4.78, 5) is 128. The number of benzene rings is 2. The molecule has 0 aromatic heterocycles. The Morgan fingerprint density at radius 1 is 0.978 bits per heavy atom. The number of amides is 7. The van der Waals surface area contributed by atoms with Crippen molar-refractivity contribution >= 4 is 93.3 Å². The number of allylic oxidation sites excluding steroid dienone is 3. The number of hydrogen-bond acceptors (Lipinski definition) is 17. The van der Waals surface area contributed by atoms with Crippen LogP contribution in [0.4, 0.5) is 16.2 Å². The number of fused-ring (bicyclic) bond motifs is 5. The molecule has 0 radical (unpaired) electrons. The number of morpholine rings is 1. The Hall–Kier alpha value is -6.89. The maximum atomic E-state index is 14.7. The highest BCUT2D eigenvalue weighted by atomic mass is 35.5. The Morgan fingerprint density at radius 2 is 1.68 bits per heavy atom. The topological polar surface area (TPSA) is 286 Å². The molecule has 7 amide bonds. The molecule has 3 fully saturated rings. The minimum absolute atomic E-state index is 0.00289. The van der Waals surface area contributed by atoms with Crippen LogP contribution in [0.1, 0.15) is 133 Å². The van der Waals surface area contributed by atoms with Gasteiger partial charge in [-0.15, -0.1) is 0 Å². The Kier molecular flexibility index (Phi) is 24.9. The number of nitrogens with one attached hydrogen (secondary N) is 2. The maximum Gasteiger partial charge on any atom is 0.328 e. The standard InChI is InChI=1S/C67H90ClN7O15S/c1-39(2)48(35-47(91)17-12-11-13-25-75-56(77)22-23-57(75)78)62(81)71-49(18-15-24-70-65(69)84)52(76)34-45-20-21-46(33-50(45)74-26-28-87-29-27-74)63(82)72(8)43(6)64(83)89-55-36-58(79)73(9)51-32-44(31-41(4)60(51)68)30-40(3)16-14-19-54(86-10)67(85)37-53(88-59(80)38-67)42(5)61-66(55,7)90-61/h14,16,19-23,31-33,39,42-43,48-49,53-55,61,85H,11-13,15,17-18,24-30,34-38H2,1-10H3,(H,71,81)(H3,69,70,84)/b19-14+,40-16+/t42-,43+,48+,49+,53+,54-,55+,61+,66+,67-/m1/s1. The SMILES string of the molecule is CO[C@@H]1/C=C/C=C(\C)Cc2cc(C)c(Cl)c(c2)N(C)C(=O)C[C@H](OC(=O)[C@H](C)N(C)C(=O)c2ccc(CC(=O)[C@H](CCCNC(N)=O)NC(=O)[C@@H](CC(=S)CCCCCN3C(=O)C=CC3=O)C(C)C)c(N3CCOCC3)c2)[C@]2(C)O[C@H]2[C@H](C)[C@@H]2C[C@@]1(O)CC(=O)O2. The molecule has 0 saturated carbocycles. The zero-order valence-corrected chi connectivity index (χ0v) is 55.6. The third-order valence-corrected chi connectivity index (χ3v) is 19.1. The van der Waals surface area contributed by atoms with Crippen molar-refractivity contribution in [3.8, 4) is 0 Å². The minimum Gasteiger partial charge on any atom is -0.462 e. The predicted octanol–water partition coefficient (Wildman–Crippen LogP) is 6.78. The molecule has 5 aliphatic rings. The first-order valence-electron chi connectivity index (χ1n) is 31.4. The van der Waals surface area contributed by atoms with Crippen molar-refractivity contribution in [1.82, 2.24) is 20.4 Å². The van der Waals surface area contributed by atoms with E-state index in [-0.39, 0.29) is 73.6 Å². The molecule has 5 N–H and O–H groups in total. The van der Waals surface area contributed by atoms with Crippen molar-refractivity contribution in [1.29, 1.82) is 0 Å². The highest BCUT2D eigenvalue weighted by Gasteiger charge is 2.64. The molecular weight excluding hydrogens is 1210 g/mol. The van der Waals surface area contributed by atoms with Crippen LogP contribution in [0.5, 0.6) is 0 Å². The number of ether oxygens (including phenoxy) is 5. The zero-order valence-electron chi connectivity index (χ0n) is 54.0. The molecule has 3 saturated heterocycles. The lowest BCUT2D eigenvalue weighted by Gasteiger charge is -2.41. The first-order valence-corrected chi connectivity index (χ1v) is 32.2. The fourth-order valence-corrected chi connectivity index (χ4v) is 13.0. The van der Waals surface area contributed by atoms with Crippen LogP contribution < -0.4 is 26.2 Å². The number of methoxy groups -OCH3 is 1. The number of imide groups is 1. The van der Waals surface area contributed by atoms with Gasteiger partial charge in [0.05, 0.1) is 48.9 Å². The average Bonchev–Trinajstić information content (AvgIpc) is 1.59. The third-order valence-electron chi connectivity index (χ3n) is 18.3. The molecule has 24 heteroatoms. The summed E-state index contributed by atoms with van der Waals surface area (Å²) in [6.07, 6.45) is 7.17. The number of carbonyl (C=O) groups is 9. The van der Waals surface area contributed by atoms with Gasteiger partial charge in [0.2, 0.25) is 11.8 Å². The average molecular weight is 1300 g/mol. The van der Waals surface area contributed by atoms with Gasteiger partial charge < -0.3 is 59.9 Å². The van der Waals surface area contributed by atoms with E-state index in [1.165, 1.54) is 47.9 Å². The van der Waals surface area contributed by atoms with Crippen molar-refractivity contribution in [2.24, 2.45) is 23.5 Å². The van der Waals surface area contributed by atoms with E-state index < -0.39 is 89.3 Å². The number of hydrogen-bond donors (Lipinski definition) is 4. The second-order valence-electron chi connectivity index (χ2n) is 25.4. The molecule has 5 heterocycles. The number of epoxide rings is 1. The number of esters is 2. The fraction of sp³-hybridized carbons (Fsp3) is 0.582. The number of thiocarbonyl (C=S) groups is 1. The van der Waals surface area contributed by atoms with Crippen molar-refractivity contribution in [3.05, 3.63) is 93.6 Å². The smallest absolute Gasteiger partial charge is 0.328 e. The largest absolute Gasteiger partial charge is 0.462 e. The summed E-state index contributed by atoms with van der Waals surface area (Å²) in [5.41, 5.74) is 6.71. The van der Waals surface area contributed by atoms with Gasteiger partial charge in [0.25, 0.3) is 17.7 Å². The second-order valence-corrected chi connectivity index (χ2v) is 26.3. The monoisotopic (exact) mass is 1300 g/mol. The normalized spacial score (nSPS) is 25.6. The zero-order chi connectivity index (χ0) is 66.6. The molecule has 7 rings (SSSR count). The van der Waals surface area contributed by atoms with Crippen LogP contribution in [0.2, 0.25) is 5.02 Å². The molecule has 91 heavy (non-hydrogen) atoms. The van der Waals surface area contributed by atoms with E-state index in [1.54, 1.807) is 51.2 Å². The van der Waals surface area contributed by atoms with E-state index in [0.717, 1.165) is 23.1 Å². The Bertz CT molecular complexity index is 3170. The van der Waals surface area contributed by atoms with E-state index in [4.69, 9.17) is 53.2 Å². The van der Waals surface area contributed by atoms with Gasteiger partial charge in [0, 0.05) is 95.5 Å². The number of ketones is 1. The van der Waals surface area contributed by atoms with Crippen LogP contribution in [0, 0.1) is 24.7 Å². The predicted molar refractivity (Wildman–Crippen MR) is 346 cm³/mol. The van der Waals surface area contributed by atoms with Gasteiger partial charge in [-0.25, -0.2) is 9.59 Å². The number of primary amides is 1. The van der Waals surface area contributed by atoms with Gasteiger partial charge in [-0.2, -0.15) is 0 Å². The number of unbranched alkanes of at least 4 members (excludes halogenated alkanes) is 2. The fourth-order valence-electron chi connectivity index (χ4n) is 12.4. The number of rotatable bonds is 24. The first kappa shape index (κ1) is 71.5. The molecule has 2 aromatic carbocycles. The Balaban J connectivity index is 1.09. The summed E-state index contributed by atoms with van der Waals surface area (Å²) in [5.74, 6) is -5.11. The summed E-state index contributed by atoms with van der Waals surface area (Å²) in [5, 5.41) is 18.0. The van der Waals surface area contributed by atoms with Crippen LogP contribution >= 0.6 is 23.8 Å². The van der Waals surface area contributed by atoms with Crippen LogP contribution in [-0.2, 0) is 70.1 Å². The first-order chi connectivity index (χ1) is 43.0. The van der Waals surface area contributed by atoms with Gasteiger partial charge in [-0.1, -0.05) is 86.9 Å². The summed E-state index contributed by atoms with van der Waals surface area (Å²) < 4.78 is 30.1. The quantitative estimate of drug-likeness (QED) is 0.0277. The van der Waals surface area contributed by atoms with Crippen molar-refractivity contribution in [2.75, 3.05) is 70.4 Å². The summed E-state index contributed by atoms with van der Waals surface area (Å²) in [6, 6.07) is 5.75. The van der Waals surface area contributed by atoms with Gasteiger partial charge in [-0.05, 0) is 118 Å². The van der Waals surface area contributed by atoms with E-state index in [0.29, 0.717) is 98.2 Å². The van der Waals surface area contributed by atoms with E-state index >= 15 is 0 Å². The molecule has 0 aliphatic carbocycles. The number of halogens is 1. The summed E-state index contributed by atoms with van der Waals surface area (Å²) in [6.45, 7) is 14.7. The van der Waals surface area contributed by atoms with Crippen LogP contribution in [0.15, 0.2) is 66.3 Å². The number of nitrogens with two attached hydrogens (primary N) is 1. The third kappa shape index (κ3) is 18.2. The van der Waals surface area contributed by atoms with E-state index in [9.17, 15) is 48.3 Å². The second kappa shape index (κ2) is 31.6. The molecule has 10 atom stereocenters.